The van der Waals surface area contributed by atoms with Crippen LogP contribution < -0.4 is 10.1 Å². The van der Waals surface area contributed by atoms with Crippen molar-refractivity contribution in [2.45, 2.75) is 57.1 Å². The van der Waals surface area contributed by atoms with E-state index in [9.17, 15) is 13.6 Å². The monoisotopic (exact) mass is 450 g/mol. The van der Waals surface area contributed by atoms with Crippen molar-refractivity contribution >= 4 is 11.8 Å². The van der Waals surface area contributed by atoms with E-state index < -0.39 is 11.9 Å². The van der Waals surface area contributed by atoms with Crippen LogP contribution in [0, 0.1) is 0 Å². The third-order valence-corrected chi connectivity index (χ3v) is 5.67. The van der Waals surface area contributed by atoms with Gasteiger partial charge in [0.05, 0.1) is 6.61 Å². The molecule has 174 valence electrons. The molecule has 1 N–H and O–H groups in total. The second-order valence-electron chi connectivity index (χ2n) is 8.32. The Bertz CT molecular complexity index is 943. The van der Waals surface area contributed by atoms with Crippen molar-refractivity contribution in [1.82, 2.24) is 24.6 Å². The largest absolute Gasteiger partial charge is 0.473 e. The molecule has 32 heavy (non-hydrogen) atoms. The van der Waals surface area contributed by atoms with Crippen molar-refractivity contribution in [1.29, 1.82) is 0 Å². The number of rotatable bonds is 7. The number of nitrogens with zero attached hydrogens (tertiary/aromatic N) is 5. The summed E-state index contributed by atoms with van der Waals surface area (Å²) in [5.41, 5.74) is 0.142. The number of esters is 1. The molecule has 1 unspecified atom stereocenters. The number of likely N-dealkylation sites (tertiary alicyclic amines) is 1. The molecule has 2 aromatic rings. The minimum Gasteiger partial charge on any atom is -0.473 e. The SMILES string of the molecule is CCOC(=O)c1ccn(-c2nc(NC3CCC(F)(F)CC3)cc(OC3CCN(C)C3)n2)n1. The van der Waals surface area contributed by atoms with E-state index in [1.54, 1.807) is 19.2 Å². The van der Waals surface area contributed by atoms with Gasteiger partial charge in [0.25, 0.3) is 5.95 Å². The summed E-state index contributed by atoms with van der Waals surface area (Å²) in [6.07, 6.45) is 2.85. The third kappa shape index (κ3) is 5.50. The molecule has 2 aromatic heterocycles. The van der Waals surface area contributed by atoms with E-state index in [2.05, 4.69) is 25.3 Å². The Kier molecular flexibility index (Phi) is 6.54. The summed E-state index contributed by atoms with van der Waals surface area (Å²) >= 11 is 0. The molecule has 3 heterocycles. The number of nitrogens with one attached hydrogen (secondary N) is 1. The highest BCUT2D eigenvalue weighted by Crippen LogP contribution is 2.34. The van der Waals surface area contributed by atoms with Crippen LogP contribution in [0.2, 0.25) is 0 Å². The van der Waals surface area contributed by atoms with Gasteiger partial charge in [0, 0.05) is 44.2 Å². The number of likely N-dealkylation sites (N-methyl/N-ethyl adjacent to an activating group) is 1. The number of halogens is 2. The van der Waals surface area contributed by atoms with Gasteiger partial charge in [-0.15, -0.1) is 0 Å². The summed E-state index contributed by atoms with van der Waals surface area (Å²) in [6, 6.07) is 3.09. The zero-order valence-electron chi connectivity index (χ0n) is 18.3. The Hall–Kier alpha value is -2.82. The van der Waals surface area contributed by atoms with E-state index in [4.69, 9.17) is 9.47 Å². The molecule has 2 aliphatic rings. The maximum atomic E-state index is 13.5. The minimum absolute atomic E-state index is 0.00307. The van der Waals surface area contributed by atoms with Crippen LogP contribution in [-0.4, -0.2) is 75.4 Å². The highest BCUT2D eigenvalue weighted by atomic mass is 19.3. The molecular weight excluding hydrogens is 422 g/mol. The summed E-state index contributed by atoms with van der Waals surface area (Å²) in [4.78, 5) is 23.1. The molecule has 1 saturated heterocycles. The van der Waals surface area contributed by atoms with Gasteiger partial charge in [-0.25, -0.2) is 18.3 Å². The van der Waals surface area contributed by atoms with Crippen LogP contribution in [0.3, 0.4) is 0 Å². The number of ether oxygens (including phenoxy) is 2. The number of hydrogen-bond donors (Lipinski definition) is 1. The highest BCUT2D eigenvalue weighted by molar-refractivity contribution is 5.87. The van der Waals surface area contributed by atoms with Gasteiger partial charge in [0.2, 0.25) is 11.8 Å². The number of alkyl halides is 2. The van der Waals surface area contributed by atoms with Gasteiger partial charge in [0.1, 0.15) is 11.9 Å². The molecule has 9 nitrogen and oxygen atoms in total. The van der Waals surface area contributed by atoms with Crippen LogP contribution in [0.5, 0.6) is 5.88 Å². The lowest BCUT2D eigenvalue weighted by Gasteiger charge is -2.29. The van der Waals surface area contributed by atoms with Crippen molar-refractivity contribution in [3.8, 4) is 11.8 Å². The van der Waals surface area contributed by atoms with Crippen molar-refractivity contribution in [2.75, 3.05) is 32.1 Å². The van der Waals surface area contributed by atoms with Gasteiger partial charge in [-0.3, -0.25) is 0 Å². The summed E-state index contributed by atoms with van der Waals surface area (Å²) in [5.74, 6) is -2.08. The molecule has 11 heteroatoms. The van der Waals surface area contributed by atoms with Crippen LogP contribution in [0.25, 0.3) is 5.95 Å². The lowest BCUT2D eigenvalue weighted by molar-refractivity contribution is -0.0361. The van der Waals surface area contributed by atoms with Crippen LogP contribution >= 0.6 is 0 Å². The maximum absolute atomic E-state index is 13.5. The number of hydrogen-bond acceptors (Lipinski definition) is 8. The predicted molar refractivity (Wildman–Crippen MR) is 112 cm³/mol. The van der Waals surface area contributed by atoms with Gasteiger partial charge in [-0.2, -0.15) is 15.1 Å². The Labute approximate surface area is 185 Å². The summed E-state index contributed by atoms with van der Waals surface area (Å²) in [6.45, 7) is 3.69. The quantitative estimate of drug-likeness (QED) is 0.644. The van der Waals surface area contributed by atoms with E-state index in [-0.39, 0.29) is 43.2 Å². The number of carbonyl (C=O) groups excluding carboxylic acids is 1. The molecule has 0 aromatic carbocycles. The molecule has 0 bridgehead atoms. The van der Waals surface area contributed by atoms with Gasteiger partial charge in [0.15, 0.2) is 5.69 Å². The fourth-order valence-corrected chi connectivity index (χ4v) is 3.95. The normalized spacial score (nSPS) is 21.4. The fourth-order valence-electron chi connectivity index (χ4n) is 3.95. The molecule has 1 atom stereocenters. The van der Waals surface area contributed by atoms with E-state index >= 15 is 0 Å². The molecular formula is C21H28F2N6O3. The molecule has 0 radical (unpaired) electrons. The first-order valence-corrected chi connectivity index (χ1v) is 10.9. The standard InChI is InChI=1S/C21H28F2N6O3/c1-3-31-19(30)16-7-11-29(27-16)20-25-17(24-14-4-8-21(22,23)9-5-14)12-18(26-20)32-15-6-10-28(2)13-15/h7,11-12,14-15H,3-6,8-10,13H2,1-2H3,(H,24,25,26). The molecule has 1 aliphatic heterocycles. The lowest BCUT2D eigenvalue weighted by Crippen LogP contribution is -2.32. The topological polar surface area (TPSA) is 94.4 Å². The Balaban J connectivity index is 1.56. The van der Waals surface area contributed by atoms with Gasteiger partial charge >= 0.3 is 5.97 Å². The summed E-state index contributed by atoms with van der Waals surface area (Å²) in [5, 5.41) is 7.46. The molecule has 1 saturated carbocycles. The maximum Gasteiger partial charge on any atom is 0.358 e. The third-order valence-electron chi connectivity index (χ3n) is 5.67. The van der Waals surface area contributed by atoms with E-state index in [0.717, 1.165) is 19.5 Å². The van der Waals surface area contributed by atoms with E-state index in [1.807, 2.05) is 7.05 Å². The Morgan fingerprint density at radius 1 is 1.28 bits per heavy atom. The zero-order chi connectivity index (χ0) is 22.7. The predicted octanol–water partition coefficient (Wildman–Crippen LogP) is 2.91. The van der Waals surface area contributed by atoms with E-state index in [0.29, 0.717) is 24.5 Å². The second kappa shape index (κ2) is 9.35. The van der Waals surface area contributed by atoms with Crippen molar-refractivity contribution in [3.63, 3.8) is 0 Å². The number of carbonyl (C=O) groups is 1. The smallest absolute Gasteiger partial charge is 0.358 e. The lowest BCUT2D eigenvalue weighted by atomic mass is 9.92. The van der Waals surface area contributed by atoms with Crippen LogP contribution in [0.15, 0.2) is 18.3 Å². The molecule has 1 aliphatic carbocycles. The Morgan fingerprint density at radius 2 is 2.06 bits per heavy atom. The van der Waals surface area contributed by atoms with E-state index in [1.165, 1.54) is 10.7 Å². The molecule has 0 amide bonds. The van der Waals surface area contributed by atoms with Gasteiger partial charge in [-0.1, -0.05) is 0 Å². The van der Waals surface area contributed by atoms with Crippen molar-refractivity contribution < 1.29 is 23.0 Å². The van der Waals surface area contributed by atoms with Crippen LogP contribution in [-0.2, 0) is 4.74 Å². The minimum atomic E-state index is -2.60. The van der Waals surface area contributed by atoms with Gasteiger partial charge < -0.3 is 19.7 Å². The second-order valence-corrected chi connectivity index (χ2v) is 8.32. The van der Waals surface area contributed by atoms with Gasteiger partial charge in [-0.05, 0) is 39.3 Å². The van der Waals surface area contributed by atoms with Crippen LogP contribution in [0.4, 0.5) is 14.6 Å². The first-order valence-electron chi connectivity index (χ1n) is 10.9. The summed E-state index contributed by atoms with van der Waals surface area (Å²) in [7, 11) is 2.03. The molecule has 0 spiro atoms. The molecule has 2 fully saturated rings. The Morgan fingerprint density at radius 3 is 2.75 bits per heavy atom. The first kappa shape index (κ1) is 22.4. The van der Waals surface area contributed by atoms with Crippen LogP contribution in [0.1, 0.15) is 49.5 Å². The average Bonchev–Trinajstić information content (AvgIpc) is 3.39. The number of aromatic nitrogens is 4. The fraction of sp³-hybridized carbons (Fsp3) is 0.619. The number of anilines is 1. The first-order chi connectivity index (χ1) is 15.3. The van der Waals surface area contributed by atoms with Crippen molar-refractivity contribution in [3.05, 3.63) is 24.0 Å². The highest BCUT2D eigenvalue weighted by Gasteiger charge is 2.35. The van der Waals surface area contributed by atoms with Crippen molar-refractivity contribution in [2.24, 2.45) is 0 Å². The summed E-state index contributed by atoms with van der Waals surface area (Å²) < 4.78 is 39.5. The zero-order valence-corrected chi connectivity index (χ0v) is 18.3. The molecule has 4 rings (SSSR count). The average molecular weight is 450 g/mol.